The molecule has 0 aromatic carbocycles. The van der Waals surface area contributed by atoms with Crippen LogP contribution in [-0.4, -0.2) is 84.8 Å². The predicted molar refractivity (Wildman–Crippen MR) is 99.2 cm³/mol. The van der Waals surface area contributed by atoms with Crippen LogP contribution in [0.3, 0.4) is 0 Å². The molecule has 1 aromatic rings. The van der Waals surface area contributed by atoms with Gasteiger partial charge in [-0.15, -0.1) is 0 Å². The fraction of sp³-hybridized carbons (Fsp3) is 0.789. The third-order valence-electron chi connectivity index (χ3n) is 5.44. The van der Waals surface area contributed by atoms with Gasteiger partial charge in [0.25, 0.3) is 5.91 Å². The highest BCUT2D eigenvalue weighted by atomic mass is 16.5. The molecule has 0 unspecified atom stereocenters. The number of aromatic nitrogens is 2. The molecule has 2 saturated heterocycles. The standard InChI is InChI=1S/C19H32N4O3/c1-15-12-20-18(21-15)19(24)23(14-17-4-3-10-26-17)13-16-5-7-22(8-6-16)9-11-25-2/h12,16-17H,3-11,13-14H2,1-2H3,(H,20,21)/t17-/m1/s1. The largest absolute Gasteiger partial charge is 0.383 e. The Morgan fingerprint density at radius 3 is 2.81 bits per heavy atom. The Balaban J connectivity index is 1.57. The number of nitrogens with zero attached hydrogens (tertiary/aromatic N) is 3. The normalized spacial score (nSPS) is 22.0. The number of aromatic amines is 1. The summed E-state index contributed by atoms with van der Waals surface area (Å²) >= 11 is 0. The second-order valence-corrected chi connectivity index (χ2v) is 7.54. The summed E-state index contributed by atoms with van der Waals surface area (Å²) in [6.45, 7) is 8.12. The van der Waals surface area contributed by atoms with Gasteiger partial charge in [-0.25, -0.2) is 4.98 Å². The van der Waals surface area contributed by atoms with Crippen molar-refractivity contribution in [1.29, 1.82) is 0 Å². The molecule has 7 nitrogen and oxygen atoms in total. The monoisotopic (exact) mass is 364 g/mol. The predicted octanol–water partition coefficient (Wildman–Crippen LogP) is 1.70. The molecule has 26 heavy (non-hydrogen) atoms. The van der Waals surface area contributed by atoms with Crippen molar-refractivity contribution in [2.24, 2.45) is 5.92 Å². The molecule has 2 fully saturated rings. The number of hydrogen-bond donors (Lipinski definition) is 1. The van der Waals surface area contributed by atoms with E-state index in [1.54, 1.807) is 13.3 Å². The number of imidazole rings is 1. The maximum Gasteiger partial charge on any atom is 0.289 e. The molecule has 2 aliphatic rings. The van der Waals surface area contributed by atoms with E-state index in [-0.39, 0.29) is 12.0 Å². The van der Waals surface area contributed by atoms with Crippen LogP contribution in [0, 0.1) is 12.8 Å². The van der Waals surface area contributed by atoms with Gasteiger partial charge in [0.05, 0.1) is 12.7 Å². The molecule has 1 N–H and O–H groups in total. The summed E-state index contributed by atoms with van der Waals surface area (Å²) < 4.78 is 11.0. The van der Waals surface area contributed by atoms with Gasteiger partial charge >= 0.3 is 0 Å². The Morgan fingerprint density at radius 1 is 1.38 bits per heavy atom. The van der Waals surface area contributed by atoms with Crippen LogP contribution in [-0.2, 0) is 9.47 Å². The number of piperidine rings is 1. The van der Waals surface area contributed by atoms with Crippen molar-refractivity contribution < 1.29 is 14.3 Å². The molecule has 0 spiro atoms. The van der Waals surface area contributed by atoms with Crippen LogP contribution in [0.5, 0.6) is 0 Å². The Hall–Kier alpha value is -1.44. The van der Waals surface area contributed by atoms with Crippen LogP contribution in [0.1, 0.15) is 42.0 Å². The maximum atomic E-state index is 13.0. The highest BCUT2D eigenvalue weighted by Gasteiger charge is 2.28. The van der Waals surface area contributed by atoms with Crippen molar-refractivity contribution in [3.63, 3.8) is 0 Å². The van der Waals surface area contributed by atoms with Crippen molar-refractivity contribution in [3.05, 3.63) is 17.7 Å². The molecule has 1 atom stereocenters. The van der Waals surface area contributed by atoms with Gasteiger partial charge in [0.15, 0.2) is 5.82 Å². The van der Waals surface area contributed by atoms with Crippen molar-refractivity contribution in [2.75, 3.05) is 53.0 Å². The molecule has 0 saturated carbocycles. The summed E-state index contributed by atoms with van der Waals surface area (Å²) in [7, 11) is 1.75. The molecule has 0 radical (unpaired) electrons. The Labute approximate surface area is 156 Å². The lowest BCUT2D eigenvalue weighted by Gasteiger charge is -2.35. The van der Waals surface area contributed by atoms with E-state index >= 15 is 0 Å². The van der Waals surface area contributed by atoms with Crippen molar-refractivity contribution in [3.8, 4) is 0 Å². The zero-order chi connectivity index (χ0) is 18.4. The zero-order valence-electron chi connectivity index (χ0n) is 16.1. The molecule has 0 bridgehead atoms. The van der Waals surface area contributed by atoms with Gasteiger partial charge in [-0.1, -0.05) is 0 Å². The van der Waals surface area contributed by atoms with Gasteiger partial charge in [0.2, 0.25) is 0 Å². The topological polar surface area (TPSA) is 70.7 Å². The Bertz CT molecular complexity index is 563. The van der Waals surface area contributed by atoms with E-state index < -0.39 is 0 Å². The average Bonchev–Trinajstić information content (AvgIpc) is 3.31. The first kappa shape index (κ1) is 19.3. The summed E-state index contributed by atoms with van der Waals surface area (Å²) in [5.41, 5.74) is 0.914. The quantitative estimate of drug-likeness (QED) is 0.760. The Morgan fingerprint density at radius 2 is 2.19 bits per heavy atom. The third-order valence-corrected chi connectivity index (χ3v) is 5.44. The van der Waals surface area contributed by atoms with E-state index in [1.807, 2.05) is 11.8 Å². The van der Waals surface area contributed by atoms with Gasteiger partial charge in [-0.3, -0.25) is 4.79 Å². The number of carbonyl (C=O) groups is 1. The van der Waals surface area contributed by atoms with Gasteiger partial charge in [0, 0.05) is 45.2 Å². The molecule has 0 aliphatic carbocycles. The highest BCUT2D eigenvalue weighted by molar-refractivity contribution is 5.90. The minimum Gasteiger partial charge on any atom is -0.383 e. The van der Waals surface area contributed by atoms with Crippen LogP contribution < -0.4 is 0 Å². The smallest absolute Gasteiger partial charge is 0.289 e. The molecule has 7 heteroatoms. The van der Waals surface area contributed by atoms with Gasteiger partial charge in [-0.2, -0.15) is 0 Å². The van der Waals surface area contributed by atoms with Crippen LogP contribution in [0.2, 0.25) is 0 Å². The maximum absolute atomic E-state index is 13.0. The van der Waals surface area contributed by atoms with E-state index in [1.165, 1.54) is 0 Å². The fourth-order valence-electron chi connectivity index (χ4n) is 3.87. The number of amides is 1. The number of ether oxygens (including phenoxy) is 2. The Kier molecular flexibility index (Phi) is 7.05. The van der Waals surface area contributed by atoms with E-state index in [9.17, 15) is 4.79 Å². The van der Waals surface area contributed by atoms with Crippen molar-refractivity contribution in [1.82, 2.24) is 19.8 Å². The van der Waals surface area contributed by atoms with Crippen LogP contribution in [0.4, 0.5) is 0 Å². The summed E-state index contributed by atoms with van der Waals surface area (Å²) in [5, 5.41) is 0. The summed E-state index contributed by atoms with van der Waals surface area (Å²) in [5.74, 6) is 0.976. The lowest BCUT2D eigenvalue weighted by molar-refractivity contribution is 0.0429. The second-order valence-electron chi connectivity index (χ2n) is 7.54. The number of aryl methyl sites for hydroxylation is 1. The molecule has 3 heterocycles. The van der Waals surface area contributed by atoms with Crippen LogP contribution in [0.15, 0.2) is 6.20 Å². The van der Waals surface area contributed by atoms with Crippen molar-refractivity contribution >= 4 is 5.91 Å². The zero-order valence-corrected chi connectivity index (χ0v) is 16.1. The molecule has 1 aromatic heterocycles. The highest BCUT2D eigenvalue weighted by Crippen LogP contribution is 2.21. The number of methoxy groups -OCH3 is 1. The number of H-pyrrole nitrogens is 1. The fourth-order valence-corrected chi connectivity index (χ4v) is 3.87. The first-order valence-corrected chi connectivity index (χ1v) is 9.79. The van der Waals surface area contributed by atoms with Gasteiger partial charge in [0.1, 0.15) is 0 Å². The summed E-state index contributed by atoms with van der Waals surface area (Å²) in [6.07, 6.45) is 6.25. The number of hydrogen-bond acceptors (Lipinski definition) is 5. The van der Waals surface area contributed by atoms with Crippen LogP contribution in [0.25, 0.3) is 0 Å². The first-order chi connectivity index (χ1) is 12.7. The minimum atomic E-state index is -0.00425. The molecular weight excluding hydrogens is 332 g/mol. The van der Waals surface area contributed by atoms with E-state index in [0.29, 0.717) is 18.3 Å². The molecule has 146 valence electrons. The lowest BCUT2D eigenvalue weighted by atomic mass is 9.96. The van der Waals surface area contributed by atoms with Crippen molar-refractivity contribution in [2.45, 2.75) is 38.7 Å². The molecule has 3 rings (SSSR count). The van der Waals surface area contributed by atoms with Gasteiger partial charge in [-0.05, 0) is 51.6 Å². The number of nitrogens with one attached hydrogen (secondary N) is 1. The number of carbonyl (C=O) groups excluding carboxylic acids is 1. The van der Waals surface area contributed by atoms with E-state index in [2.05, 4.69) is 14.9 Å². The average molecular weight is 364 g/mol. The number of rotatable bonds is 8. The second kappa shape index (κ2) is 9.48. The first-order valence-electron chi connectivity index (χ1n) is 9.79. The SMILES string of the molecule is COCCN1CCC(CN(C[C@H]2CCCO2)C(=O)c2ncc(C)[nH]2)CC1. The number of likely N-dealkylation sites (tertiary alicyclic amines) is 1. The van der Waals surface area contributed by atoms with Crippen LogP contribution >= 0.6 is 0 Å². The lowest BCUT2D eigenvalue weighted by Crippen LogP contribution is -2.44. The summed E-state index contributed by atoms with van der Waals surface area (Å²) in [4.78, 5) is 24.7. The van der Waals surface area contributed by atoms with Gasteiger partial charge < -0.3 is 24.3 Å². The third kappa shape index (κ3) is 5.28. The summed E-state index contributed by atoms with van der Waals surface area (Å²) in [6, 6.07) is 0. The molecule has 1 amide bonds. The van der Waals surface area contributed by atoms with E-state index in [4.69, 9.17) is 9.47 Å². The van der Waals surface area contributed by atoms with E-state index in [0.717, 1.165) is 70.8 Å². The minimum absolute atomic E-state index is 0.00425. The molecular formula is C19H32N4O3. The molecule has 2 aliphatic heterocycles.